The summed E-state index contributed by atoms with van der Waals surface area (Å²) in [4.78, 5) is 4.12. The predicted octanol–water partition coefficient (Wildman–Crippen LogP) is 2.08. The second-order valence-corrected chi connectivity index (χ2v) is 3.81. The van der Waals surface area contributed by atoms with Crippen LogP contribution in [0.4, 0.5) is 8.78 Å². The zero-order chi connectivity index (χ0) is 12.4. The van der Waals surface area contributed by atoms with E-state index in [1.807, 2.05) is 7.05 Å². The van der Waals surface area contributed by atoms with Crippen LogP contribution in [0, 0.1) is 11.6 Å². The lowest BCUT2D eigenvalue weighted by molar-refractivity contribution is 0.602. The molecule has 1 aromatic carbocycles. The molecule has 0 radical (unpaired) electrons. The Hall–Kier alpha value is -1.75. The van der Waals surface area contributed by atoms with Crippen LogP contribution >= 0.6 is 0 Å². The van der Waals surface area contributed by atoms with E-state index in [-0.39, 0.29) is 5.56 Å². The van der Waals surface area contributed by atoms with Gasteiger partial charge in [0, 0.05) is 19.2 Å². The first-order valence-corrected chi connectivity index (χ1v) is 5.23. The van der Waals surface area contributed by atoms with E-state index in [1.54, 1.807) is 17.9 Å². The van der Waals surface area contributed by atoms with Gasteiger partial charge < -0.3 is 9.88 Å². The van der Waals surface area contributed by atoms with Gasteiger partial charge in [0.05, 0.1) is 17.7 Å². The minimum Gasteiger partial charge on any atom is -0.336 e. The van der Waals surface area contributed by atoms with Crippen molar-refractivity contribution in [2.45, 2.75) is 6.54 Å². The minimum atomic E-state index is -0.470. The van der Waals surface area contributed by atoms with Crippen molar-refractivity contribution in [3.63, 3.8) is 0 Å². The molecule has 0 aliphatic carbocycles. The molecule has 1 heterocycles. The molecule has 0 unspecified atom stereocenters. The van der Waals surface area contributed by atoms with Crippen LogP contribution in [0.2, 0.25) is 0 Å². The Bertz CT molecular complexity index is 535. The van der Waals surface area contributed by atoms with E-state index in [0.29, 0.717) is 12.2 Å². The van der Waals surface area contributed by atoms with E-state index < -0.39 is 11.6 Å². The van der Waals surface area contributed by atoms with Crippen LogP contribution in [0.5, 0.6) is 0 Å². The highest BCUT2D eigenvalue weighted by atomic mass is 19.1. The lowest BCUT2D eigenvalue weighted by Crippen LogP contribution is -2.10. The highest BCUT2D eigenvalue weighted by Gasteiger charge is 2.14. The third-order valence-corrected chi connectivity index (χ3v) is 2.59. The number of aromatic nitrogens is 2. The monoisotopic (exact) mass is 237 g/mol. The Morgan fingerprint density at radius 1 is 1.35 bits per heavy atom. The maximum Gasteiger partial charge on any atom is 0.132 e. The Balaban J connectivity index is 2.56. The molecule has 0 atom stereocenters. The first kappa shape index (κ1) is 11.7. The van der Waals surface area contributed by atoms with Crippen molar-refractivity contribution < 1.29 is 8.78 Å². The van der Waals surface area contributed by atoms with Gasteiger partial charge in [-0.3, -0.25) is 0 Å². The zero-order valence-electron chi connectivity index (χ0n) is 9.67. The van der Waals surface area contributed by atoms with Crippen molar-refractivity contribution in [1.29, 1.82) is 0 Å². The first-order chi connectivity index (χ1) is 8.13. The Morgan fingerprint density at radius 2 is 2.12 bits per heavy atom. The molecule has 1 aromatic heterocycles. The SMILES string of the molecule is CNCc1c(-c2cc(F)ccc2F)ncn1C. The van der Waals surface area contributed by atoms with Gasteiger partial charge in [-0.1, -0.05) is 0 Å². The molecule has 0 aliphatic heterocycles. The summed E-state index contributed by atoms with van der Waals surface area (Å²) >= 11 is 0. The maximum absolute atomic E-state index is 13.6. The molecule has 0 amide bonds. The fourth-order valence-corrected chi connectivity index (χ4v) is 1.74. The zero-order valence-corrected chi connectivity index (χ0v) is 9.67. The lowest BCUT2D eigenvalue weighted by Gasteiger charge is -2.06. The molecule has 0 bridgehead atoms. The lowest BCUT2D eigenvalue weighted by atomic mass is 10.1. The number of benzene rings is 1. The first-order valence-electron chi connectivity index (χ1n) is 5.23. The molecule has 5 heteroatoms. The summed E-state index contributed by atoms with van der Waals surface area (Å²) in [6.07, 6.45) is 1.59. The average Bonchev–Trinajstić information content (AvgIpc) is 2.65. The highest BCUT2D eigenvalue weighted by Crippen LogP contribution is 2.25. The number of hydrogen-bond acceptors (Lipinski definition) is 2. The van der Waals surface area contributed by atoms with Crippen molar-refractivity contribution in [2.24, 2.45) is 7.05 Å². The summed E-state index contributed by atoms with van der Waals surface area (Å²) in [5.41, 5.74) is 1.48. The quantitative estimate of drug-likeness (QED) is 0.885. The molecule has 2 aromatic rings. The molecule has 0 fully saturated rings. The number of rotatable bonds is 3. The maximum atomic E-state index is 13.6. The molecular weight excluding hydrogens is 224 g/mol. The number of nitrogens with one attached hydrogen (secondary N) is 1. The summed E-state index contributed by atoms with van der Waals surface area (Å²) < 4.78 is 28.6. The van der Waals surface area contributed by atoms with Crippen LogP contribution in [0.25, 0.3) is 11.3 Å². The van der Waals surface area contributed by atoms with Crippen LogP contribution in [-0.4, -0.2) is 16.6 Å². The smallest absolute Gasteiger partial charge is 0.132 e. The predicted molar refractivity (Wildman–Crippen MR) is 61.3 cm³/mol. The summed E-state index contributed by atoms with van der Waals surface area (Å²) in [6.45, 7) is 0.543. The van der Waals surface area contributed by atoms with E-state index in [1.165, 1.54) is 0 Å². The van der Waals surface area contributed by atoms with Gasteiger partial charge in [0.2, 0.25) is 0 Å². The topological polar surface area (TPSA) is 29.9 Å². The van der Waals surface area contributed by atoms with Gasteiger partial charge in [-0.05, 0) is 25.2 Å². The molecule has 3 nitrogen and oxygen atoms in total. The van der Waals surface area contributed by atoms with E-state index in [4.69, 9.17) is 0 Å². The van der Waals surface area contributed by atoms with E-state index in [0.717, 1.165) is 23.9 Å². The van der Waals surface area contributed by atoms with Gasteiger partial charge in [0.25, 0.3) is 0 Å². The number of imidazole rings is 1. The van der Waals surface area contributed by atoms with Crippen LogP contribution in [0.15, 0.2) is 24.5 Å². The number of halogens is 2. The summed E-state index contributed by atoms with van der Waals surface area (Å²) in [7, 11) is 3.61. The van der Waals surface area contributed by atoms with Gasteiger partial charge in [-0.15, -0.1) is 0 Å². The largest absolute Gasteiger partial charge is 0.336 e. The molecule has 2 rings (SSSR count). The van der Waals surface area contributed by atoms with Crippen LogP contribution in [0.1, 0.15) is 5.69 Å². The van der Waals surface area contributed by atoms with Gasteiger partial charge in [-0.25, -0.2) is 13.8 Å². The molecular formula is C12H13F2N3. The normalized spacial score (nSPS) is 10.8. The minimum absolute atomic E-state index is 0.191. The molecule has 17 heavy (non-hydrogen) atoms. The van der Waals surface area contributed by atoms with Crippen molar-refractivity contribution in [1.82, 2.24) is 14.9 Å². The van der Waals surface area contributed by atoms with Crippen molar-refractivity contribution in [2.75, 3.05) is 7.05 Å². The van der Waals surface area contributed by atoms with E-state index in [2.05, 4.69) is 10.3 Å². The molecule has 1 N–H and O–H groups in total. The molecule has 0 saturated carbocycles. The summed E-state index contributed by atoms with van der Waals surface area (Å²) in [6, 6.07) is 3.37. The average molecular weight is 237 g/mol. The fourth-order valence-electron chi connectivity index (χ4n) is 1.74. The van der Waals surface area contributed by atoms with Crippen LogP contribution in [0.3, 0.4) is 0 Å². The van der Waals surface area contributed by atoms with Crippen molar-refractivity contribution in [3.8, 4) is 11.3 Å². The van der Waals surface area contributed by atoms with E-state index in [9.17, 15) is 8.78 Å². The Morgan fingerprint density at radius 3 is 2.82 bits per heavy atom. The Labute approximate surface area is 98.1 Å². The van der Waals surface area contributed by atoms with Gasteiger partial charge in [-0.2, -0.15) is 0 Å². The van der Waals surface area contributed by atoms with Crippen LogP contribution in [-0.2, 0) is 13.6 Å². The van der Waals surface area contributed by atoms with Gasteiger partial charge in [0.1, 0.15) is 11.6 Å². The molecule has 90 valence electrons. The third-order valence-electron chi connectivity index (χ3n) is 2.59. The number of aryl methyl sites for hydroxylation is 1. The second-order valence-electron chi connectivity index (χ2n) is 3.81. The Kier molecular flexibility index (Phi) is 3.19. The van der Waals surface area contributed by atoms with Crippen molar-refractivity contribution >= 4 is 0 Å². The van der Waals surface area contributed by atoms with Gasteiger partial charge >= 0.3 is 0 Å². The van der Waals surface area contributed by atoms with Crippen LogP contribution < -0.4 is 5.32 Å². The second kappa shape index (κ2) is 4.63. The number of hydrogen-bond donors (Lipinski definition) is 1. The highest BCUT2D eigenvalue weighted by molar-refractivity contribution is 5.62. The standard InChI is InChI=1S/C12H13F2N3/c1-15-6-11-12(16-7-17(11)2)9-5-8(13)3-4-10(9)14/h3-5,7,15H,6H2,1-2H3. The number of nitrogens with zero attached hydrogens (tertiary/aromatic N) is 2. The molecule has 0 spiro atoms. The van der Waals surface area contributed by atoms with E-state index >= 15 is 0 Å². The molecule has 0 saturated heterocycles. The van der Waals surface area contributed by atoms with Gasteiger partial charge in [0.15, 0.2) is 0 Å². The fraction of sp³-hybridized carbons (Fsp3) is 0.250. The summed E-state index contributed by atoms with van der Waals surface area (Å²) in [5, 5.41) is 2.98. The summed E-state index contributed by atoms with van der Waals surface area (Å²) in [5.74, 6) is -0.940. The van der Waals surface area contributed by atoms with Crippen molar-refractivity contribution in [3.05, 3.63) is 41.9 Å². The third kappa shape index (κ3) is 2.19. The molecule has 0 aliphatic rings.